The van der Waals surface area contributed by atoms with Gasteiger partial charge in [-0.3, -0.25) is 0 Å². The summed E-state index contributed by atoms with van der Waals surface area (Å²) in [4.78, 5) is 13.9. The predicted octanol–water partition coefficient (Wildman–Crippen LogP) is 2.14. The number of ether oxygens (including phenoxy) is 2. The molecule has 1 aromatic heterocycles. The molecule has 0 aliphatic carbocycles. The van der Waals surface area contributed by atoms with Crippen LogP contribution < -0.4 is 20.1 Å². The van der Waals surface area contributed by atoms with Crippen LogP contribution in [0.25, 0.3) is 0 Å². The number of nitrogens with zero attached hydrogens (tertiary/aromatic N) is 3. The van der Waals surface area contributed by atoms with Crippen molar-refractivity contribution in [1.29, 1.82) is 0 Å². The topological polar surface area (TPSA) is 90.3 Å². The first-order valence-corrected chi connectivity index (χ1v) is 7.67. The lowest BCUT2D eigenvalue weighted by Gasteiger charge is -2.22. The number of aromatic nitrogens is 3. The number of carbonyl (C=O) groups excluding carboxylic acids is 1. The van der Waals surface area contributed by atoms with Gasteiger partial charge in [0.2, 0.25) is 0 Å². The second-order valence-corrected chi connectivity index (χ2v) is 5.57. The van der Waals surface area contributed by atoms with E-state index in [2.05, 4.69) is 20.8 Å². The molecule has 8 heteroatoms. The van der Waals surface area contributed by atoms with E-state index >= 15 is 0 Å². The van der Waals surface area contributed by atoms with Crippen LogP contribution in [0.15, 0.2) is 30.6 Å². The Bertz CT molecular complexity index is 658. The van der Waals surface area contributed by atoms with Crippen molar-refractivity contribution in [1.82, 2.24) is 20.3 Å². The van der Waals surface area contributed by atoms with Crippen LogP contribution in [-0.2, 0) is 6.54 Å². The molecule has 1 atom stereocenters. The zero-order valence-corrected chi connectivity index (χ0v) is 14.3. The third-order valence-corrected chi connectivity index (χ3v) is 3.60. The van der Waals surface area contributed by atoms with Crippen molar-refractivity contribution < 1.29 is 14.3 Å². The van der Waals surface area contributed by atoms with Crippen LogP contribution >= 0.6 is 0 Å². The zero-order valence-electron chi connectivity index (χ0n) is 14.3. The van der Waals surface area contributed by atoms with Gasteiger partial charge in [0.15, 0.2) is 11.5 Å². The van der Waals surface area contributed by atoms with E-state index in [1.54, 1.807) is 42.5 Å². The molecule has 1 heterocycles. The largest absolute Gasteiger partial charge is 0.493 e. The zero-order chi connectivity index (χ0) is 17.5. The van der Waals surface area contributed by atoms with Crippen LogP contribution in [0.1, 0.15) is 13.8 Å². The van der Waals surface area contributed by atoms with E-state index in [0.717, 1.165) is 0 Å². The van der Waals surface area contributed by atoms with E-state index in [4.69, 9.17) is 9.47 Å². The van der Waals surface area contributed by atoms with Crippen LogP contribution in [0.3, 0.4) is 0 Å². The molecule has 0 bridgehead atoms. The lowest BCUT2D eigenvalue weighted by atomic mass is 10.1. The lowest BCUT2D eigenvalue weighted by Crippen LogP contribution is -2.44. The Morgan fingerprint density at radius 2 is 1.92 bits per heavy atom. The van der Waals surface area contributed by atoms with Gasteiger partial charge < -0.3 is 20.1 Å². The normalized spacial score (nSPS) is 11.9. The quantitative estimate of drug-likeness (QED) is 0.810. The van der Waals surface area contributed by atoms with Crippen LogP contribution in [-0.4, -0.2) is 41.3 Å². The summed E-state index contributed by atoms with van der Waals surface area (Å²) in [6.07, 6.45) is 3.22. The summed E-state index contributed by atoms with van der Waals surface area (Å²) in [5.41, 5.74) is 0.536. The van der Waals surface area contributed by atoms with Crippen molar-refractivity contribution >= 4 is 11.7 Å². The van der Waals surface area contributed by atoms with Crippen LogP contribution in [0.5, 0.6) is 11.5 Å². The number of anilines is 1. The average Bonchev–Trinajstić information content (AvgIpc) is 3.06. The molecule has 1 aromatic carbocycles. The summed E-state index contributed by atoms with van der Waals surface area (Å²) < 4.78 is 10.5. The summed E-state index contributed by atoms with van der Waals surface area (Å²) in [5.74, 6) is 1.25. The maximum atomic E-state index is 12.4. The van der Waals surface area contributed by atoms with Crippen molar-refractivity contribution in [2.45, 2.75) is 26.4 Å². The maximum Gasteiger partial charge on any atom is 0.319 e. The van der Waals surface area contributed by atoms with Gasteiger partial charge in [-0.15, -0.1) is 0 Å². The Morgan fingerprint density at radius 3 is 2.50 bits per heavy atom. The first-order valence-electron chi connectivity index (χ1n) is 7.67. The first kappa shape index (κ1) is 17.6. The summed E-state index contributed by atoms with van der Waals surface area (Å²) >= 11 is 0. The average molecular weight is 333 g/mol. The molecule has 0 aliphatic heterocycles. The molecule has 130 valence electrons. The van der Waals surface area contributed by atoms with Crippen molar-refractivity contribution in [2.75, 3.05) is 19.5 Å². The highest BCUT2D eigenvalue weighted by Gasteiger charge is 2.19. The van der Waals surface area contributed by atoms with Gasteiger partial charge in [0.25, 0.3) is 0 Å². The highest BCUT2D eigenvalue weighted by Crippen LogP contribution is 2.34. The predicted molar refractivity (Wildman–Crippen MR) is 90.3 cm³/mol. The number of rotatable bonds is 7. The summed E-state index contributed by atoms with van der Waals surface area (Å²) in [6.45, 7) is 4.55. The van der Waals surface area contributed by atoms with Crippen LogP contribution in [0.4, 0.5) is 10.5 Å². The third-order valence-electron chi connectivity index (χ3n) is 3.60. The van der Waals surface area contributed by atoms with Gasteiger partial charge in [0, 0.05) is 0 Å². The van der Waals surface area contributed by atoms with E-state index in [9.17, 15) is 4.79 Å². The molecule has 0 radical (unpaired) electrons. The van der Waals surface area contributed by atoms with Crippen molar-refractivity contribution in [3.63, 3.8) is 0 Å². The number of methoxy groups -OCH3 is 2. The summed E-state index contributed by atoms with van der Waals surface area (Å²) in [6, 6.07) is 4.86. The standard InChI is InChI=1S/C16H23N5O3/c1-11(2)13(10-21-17-8-9-18-21)20-16(22)19-12-6-5-7-14(23-3)15(12)24-4/h5-9,11,13H,10H2,1-4H3,(H2,19,20,22). The molecule has 1 unspecified atom stereocenters. The SMILES string of the molecule is COc1cccc(NC(=O)NC(Cn2nccn2)C(C)C)c1OC. The second kappa shape index (κ2) is 8.19. The van der Waals surface area contributed by atoms with Crippen LogP contribution in [0, 0.1) is 5.92 Å². The number of hydrogen-bond acceptors (Lipinski definition) is 5. The van der Waals surface area contributed by atoms with Gasteiger partial charge in [-0.1, -0.05) is 19.9 Å². The minimum Gasteiger partial charge on any atom is -0.493 e. The highest BCUT2D eigenvalue weighted by atomic mass is 16.5. The molecule has 0 fully saturated rings. The van der Waals surface area contributed by atoms with Gasteiger partial charge in [-0.25, -0.2) is 4.79 Å². The van der Waals surface area contributed by atoms with Gasteiger partial charge in [-0.2, -0.15) is 15.0 Å². The Kier molecular flexibility index (Phi) is 6.00. The van der Waals surface area contributed by atoms with E-state index in [1.165, 1.54) is 7.11 Å². The summed E-state index contributed by atoms with van der Waals surface area (Å²) in [5, 5.41) is 13.9. The Morgan fingerprint density at radius 1 is 1.21 bits per heavy atom. The van der Waals surface area contributed by atoms with Gasteiger partial charge in [0.1, 0.15) is 0 Å². The molecule has 0 saturated heterocycles. The van der Waals surface area contributed by atoms with E-state index < -0.39 is 0 Å². The number of para-hydroxylation sites is 1. The Hall–Kier alpha value is -2.77. The minimum absolute atomic E-state index is 0.117. The number of urea groups is 1. The Balaban J connectivity index is 2.06. The van der Waals surface area contributed by atoms with Gasteiger partial charge in [0.05, 0.1) is 44.9 Å². The second-order valence-electron chi connectivity index (χ2n) is 5.57. The van der Waals surface area contributed by atoms with Gasteiger partial charge >= 0.3 is 6.03 Å². The molecule has 0 aliphatic rings. The first-order chi connectivity index (χ1) is 11.5. The molecule has 2 aromatic rings. The fourth-order valence-corrected chi connectivity index (χ4v) is 2.25. The molecular formula is C16H23N5O3. The lowest BCUT2D eigenvalue weighted by molar-refractivity contribution is 0.239. The summed E-state index contributed by atoms with van der Waals surface area (Å²) in [7, 11) is 3.08. The molecular weight excluding hydrogens is 310 g/mol. The van der Waals surface area contributed by atoms with Crippen LogP contribution in [0.2, 0.25) is 0 Å². The third kappa shape index (κ3) is 4.37. The maximum absolute atomic E-state index is 12.4. The van der Waals surface area contributed by atoms with E-state index in [0.29, 0.717) is 23.7 Å². The fraction of sp³-hybridized carbons (Fsp3) is 0.438. The molecule has 2 N–H and O–H groups in total. The molecule has 8 nitrogen and oxygen atoms in total. The monoisotopic (exact) mass is 333 g/mol. The van der Waals surface area contributed by atoms with Crippen molar-refractivity contribution in [3.8, 4) is 11.5 Å². The number of amides is 2. The minimum atomic E-state index is -0.326. The van der Waals surface area contributed by atoms with E-state index in [1.807, 2.05) is 13.8 Å². The number of nitrogens with one attached hydrogen (secondary N) is 2. The van der Waals surface area contributed by atoms with Gasteiger partial charge in [-0.05, 0) is 18.1 Å². The smallest absolute Gasteiger partial charge is 0.319 e. The number of benzene rings is 1. The molecule has 0 spiro atoms. The fourth-order valence-electron chi connectivity index (χ4n) is 2.25. The molecule has 2 rings (SSSR count). The number of carbonyl (C=O) groups is 1. The van der Waals surface area contributed by atoms with E-state index in [-0.39, 0.29) is 18.0 Å². The van der Waals surface area contributed by atoms with Crippen molar-refractivity contribution in [2.24, 2.45) is 5.92 Å². The Labute approximate surface area is 141 Å². The molecule has 2 amide bonds. The van der Waals surface area contributed by atoms with Crippen molar-refractivity contribution in [3.05, 3.63) is 30.6 Å². The number of hydrogen-bond donors (Lipinski definition) is 2. The molecule has 24 heavy (non-hydrogen) atoms. The molecule has 0 saturated carbocycles. The highest BCUT2D eigenvalue weighted by molar-refractivity contribution is 5.91.